The molecule has 1 heterocycles. The van der Waals surface area contributed by atoms with E-state index in [0.29, 0.717) is 25.9 Å². The van der Waals surface area contributed by atoms with Crippen molar-refractivity contribution in [1.82, 2.24) is 10.2 Å². The molecule has 0 aromatic heterocycles. The molecule has 0 unspecified atom stereocenters. The summed E-state index contributed by atoms with van der Waals surface area (Å²) < 4.78 is 44.5. The molecule has 5 nitrogen and oxygen atoms in total. The normalized spacial score (nSPS) is 16.7. The van der Waals surface area contributed by atoms with E-state index in [1.54, 1.807) is 18.1 Å². The summed E-state index contributed by atoms with van der Waals surface area (Å²) in [5.41, 5.74) is 0.538. The minimum atomic E-state index is -4.42. The van der Waals surface area contributed by atoms with Crippen molar-refractivity contribution in [3.8, 4) is 5.75 Å². The van der Waals surface area contributed by atoms with Gasteiger partial charge in [-0.2, -0.15) is 13.2 Å². The topological polar surface area (TPSA) is 58.6 Å². The predicted octanol–water partition coefficient (Wildman–Crippen LogP) is 3.85. The molecule has 1 N–H and O–H groups in total. The summed E-state index contributed by atoms with van der Waals surface area (Å²) in [4.78, 5) is 26.6. The molecule has 1 aliphatic heterocycles. The van der Waals surface area contributed by atoms with E-state index in [1.165, 1.54) is 12.1 Å². The van der Waals surface area contributed by atoms with Gasteiger partial charge in [-0.15, -0.1) is 0 Å². The van der Waals surface area contributed by atoms with Crippen LogP contribution in [0, 0.1) is 5.92 Å². The molecule has 0 aliphatic carbocycles. The monoisotopic (exact) mass is 448 g/mol. The fraction of sp³-hybridized carbons (Fsp3) is 0.417. The third-order valence-corrected chi connectivity index (χ3v) is 5.72. The molecule has 0 radical (unpaired) electrons. The first-order valence-electron chi connectivity index (χ1n) is 10.6. The average molecular weight is 448 g/mol. The van der Waals surface area contributed by atoms with Crippen LogP contribution in [0.5, 0.6) is 5.75 Å². The Morgan fingerprint density at radius 1 is 1.12 bits per heavy atom. The number of hydrogen-bond donors (Lipinski definition) is 1. The van der Waals surface area contributed by atoms with Crippen LogP contribution < -0.4 is 10.1 Å². The summed E-state index contributed by atoms with van der Waals surface area (Å²) in [6.45, 7) is 0.941. The molecule has 32 heavy (non-hydrogen) atoms. The zero-order valence-electron chi connectivity index (χ0n) is 18.0. The number of amides is 2. The maximum Gasteiger partial charge on any atom is 0.416 e. The lowest BCUT2D eigenvalue weighted by molar-refractivity contribution is -0.139. The second-order valence-corrected chi connectivity index (χ2v) is 7.87. The molecule has 3 rings (SSSR count). The van der Waals surface area contributed by atoms with E-state index in [-0.39, 0.29) is 42.7 Å². The van der Waals surface area contributed by atoms with Crippen molar-refractivity contribution in [2.24, 2.45) is 5.92 Å². The van der Waals surface area contributed by atoms with Gasteiger partial charge in [0.1, 0.15) is 5.75 Å². The van der Waals surface area contributed by atoms with Crippen molar-refractivity contribution in [1.29, 1.82) is 0 Å². The molecule has 1 aliphatic rings. The Hall–Kier alpha value is -3.03. The number of methoxy groups -OCH3 is 1. The largest absolute Gasteiger partial charge is 0.497 e. The highest BCUT2D eigenvalue weighted by atomic mass is 19.4. The van der Waals surface area contributed by atoms with Gasteiger partial charge in [-0.05, 0) is 48.6 Å². The van der Waals surface area contributed by atoms with Crippen molar-refractivity contribution < 1.29 is 27.5 Å². The van der Waals surface area contributed by atoms with Crippen molar-refractivity contribution >= 4 is 11.8 Å². The van der Waals surface area contributed by atoms with Crippen LogP contribution in [0.1, 0.15) is 29.5 Å². The minimum absolute atomic E-state index is 0.0154. The number of piperidine rings is 1. The van der Waals surface area contributed by atoms with Crippen LogP contribution in [0.2, 0.25) is 0 Å². The van der Waals surface area contributed by atoms with Gasteiger partial charge < -0.3 is 15.0 Å². The molecule has 8 heteroatoms. The van der Waals surface area contributed by atoms with Gasteiger partial charge in [-0.25, -0.2) is 0 Å². The zero-order valence-corrected chi connectivity index (χ0v) is 18.0. The minimum Gasteiger partial charge on any atom is -0.497 e. The van der Waals surface area contributed by atoms with Gasteiger partial charge in [-0.3, -0.25) is 9.59 Å². The van der Waals surface area contributed by atoms with E-state index < -0.39 is 11.7 Å². The maximum atomic E-state index is 13.1. The van der Waals surface area contributed by atoms with Crippen LogP contribution >= 0.6 is 0 Å². The van der Waals surface area contributed by atoms with Crippen molar-refractivity contribution in [2.75, 3.05) is 26.7 Å². The number of carbonyl (C=O) groups is 2. The van der Waals surface area contributed by atoms with Crippen LogP contribution in [0.15, 0.2) is 48.5 Å². The fourth-order valence-electron chi connectivity index (χ4n) is 3.88. The summed E-state index contributed by atoms with van der Waals surface area (Å²) in [6.07, 6.45) is -2.93. The summed E-state index contributed by atoms with van der Waals surface area (Å²) in [5.74, 6) is 0.192. The third-order valence-electron chi connectivity index (χ3n) is 5.72. The molecule has 1 fully saturated rings. The number of alkyl halides is 3. The molecule has 1 atom stereocenters. The predicted molar refractivity (Wildman–Crippen MR) is 114 cm³/mol. The lowest BCUT2D eigenvalue weighted by Crippen LogP contribution is -2.46. The van der Waals surface area contributed by atoms with E-state index in [9.17, 15) is 22.8 Å². The smallest absolute Gasteiger partial charge is 0.416 e. The van der Waals surface area contributed by atoms with Gasteiger partial charge in [0.2, 0.25) is 11.8 Å². The Morgan fingerprint density at radius 2 is 1.84 bits per heavy atom. The molecular weight excluding hydrogens is 421 g/mol. The highest BCUT2D eigenvalue weighted by Crippen LogP contribution is 2.32. The van der Waals surface area contributed by atoms with Gasteiger partial charge in [0.05, 0.1) is 18.6 Å². The molecule has 0 spiro atoms. The molecule has 2 aromatic rings. The summed E-state index contributed by atoms with van der Waals surface area (Å²) in [5, 5.41) is 2.74. The summed E-state index contributed by atoms with van der Waals surface area (Å²) >= 11 is 0. The van der Waals surface area contributed by atoms with Crippen LogP contribution in [-0.2, 0) is 28.6 Å². The van der Waals surface area contributed by atoms with Crippen LogP contribution in [-0.4, -0.2) is 43.5 Å². The maximum absolute atomic E-state index is 13.1. The van der Waals surface area contributed by atoms with Crippen LogP contribution in [0.4, 0.5) is 13.2 Å². The number of likely N-dealkylation sites (tertiary alicyclic amines) is 1. The van der Waals surface area contributed by atoms with E-state index in [4.69, 9.17) is 4.74 Å². The standard InChI is InChI=1S/C24H27F3N2O3/c1-32-20-9-6-17(7-10-20)13-15-29-16-19(8-11-22(29)30)23(31)28-14-12-18-4-2-3-5-21(18)24(25,26)27/h2-7,9-10,19H,8,11-16H2,1H3,(H,28,31)/t19-/m0/s1. The fourth-order valence-corrected chi connectivity index (χ4v) is 3.88. The first-order valence-corrected chi connectivity index (χ1v) is 10.6. The number of halogens is 3. The molecule has 1 saturated heterocycles. The molecule has 0 saturated carbocycles. The van der Waals surface area contributed by atoms with Gasteiger partial charge in [0.25, 0.3) is 0 Å². The third kappa shape index (κ3) is 6.24. The summed E-state index contributed by atoms with van der Waals surface area (Å²) in [6, 6.07) is 13.0. The first-order chi connectivity index (χ1) is 15.3. The number of nitrogens with zero attached hydrogens (tertiary/aromatic N) is 1. The Morgan fingerprint density at radius 3 is 2.53 bits per heavy atom. The number of nitrogens with one attached hydrogen (secondary N) is 1. The number of hydrogen-bond acceptors (Lipinski definition) is 3. The zero-order chi connectivity index (χ0) is 23.1. The van der Waals surface area contributed by atoms with Crippen molar-refractivity contribution in [2.45, 2.75) is 31.9 Å². The number of rotatable bonds is 8. The van der Waals surface area contributed by atoms with E-state index >= 15 is 0 Å². The quantitative estimate of drug-likeness (QED) is 0.667. The molecule has 0 bridgehead atoms. The van der Waals surface area contributed by atoms with E-state index in [1.807, 2.05) is 24.3 Å². The average Bonchev–Trinajstić information content (AvgIpc) is 2.78. The van der Waals surface area contributed by atoms with Crippen molar-refractivity contribution in [3.05, 3.63) is 65.2 Å². The molecule has 2 amide bonds. The van der Waals surface area contributed by atoms with Gasteiger partial charge in [0, 0.05) is 26.1 Å². The SMILES string of the molecule is COc1ccc(CCN2C[C@@H](C(=O)NCCc3ccccc3C(F)(F)F)CCC2=O)cc1. The number of benzene rings is 2. The van der Waals surface area contributed by atoms with Crippen LogP contribution in [0.25, 0.3) is 0 Å². The molecule has 172 valence electrons. The Balaban J connectivity index is 1.50. The second-order valence-electron chi connectivity index (χ2n) is 7.87. The second kappa shape index (κ2) is 10.5. The Bertz CT molecular complexity index is 929. The lowest BCUT2D eigenvalue weighted by Gasteiger charge is -2.32. The van der Waals surface area contributed by atoms with Gasteiger partial charge in [0.15, 0.2) is 0 Å². The highest BCUT2D eigenvalue weighted by Gasteiger charge is 2.33. The van der Waals surface area contributed by atoms with Crippen molar-refractivity contribution in [3.63, 3.8) is 0 Å². The Labute approximate surface area is 185 Å². The highest BCUT2D eigenvalue weighted by molar-refractivity contribution is 5.83. The summed E-state index contributed by atoms with van der Waals surface area (Å²) in [7, 11) is 1.60. The van der Waals surface area contributed by atoms with E-state index in [2.05, 4.69) is 5.32 Å². The number of carbonyl (C=O) groups excluding carboxylic acids is 2. The number of ether oxygens (including phenoxy) is 1. The molecule has 2 aromatic carbocycles. The van der Waals surface area contributed by atoms with E-state index in [0.717, 1.165) is 17.4 Å². The van der Waals surface area contributed by atoms with Gasteiger partial charge in [-0.1, -0.05) is 30.3 Å². The molecular formula is C24H27F3N2O3. The Kier molecular flexibility index (Phi) is 7.77. The first kappa shape index (κ1) is 23.6. The van der Waals surface area contributed by atoms with Crippen LogP contribution in [0.3, 0.4) is 0 Å². The lowest BCUT2D eigenvalue weighted by atomic mass is 9.96. The van der Waals surface area contributed by atoms with Gasteiger partial charge >= 0.3 is 6.18 Å².